The maximum absolute atomic E-state index is 12.8. The molecule has 0 radical (unpaired) electrons. The van der Waals surface area contributed by atoms with E-state index in [4.69, 9.17) is 9.47 Å². The number of carbonyl (C=O) groups excluding carboxylic acids is 3. The number of carbonyl (C=O) groups is 3. The van der Waals surface area contributed by atoms with Gasteiger partial charge in [0.05, 0.1) is 5.25 Å². The highest BCUT2D eigenvalue weighted by Crippen LogP contribution is 2.76. The van der Waals surface area contributed by atoms with Crippen LogP contribution in [0.5, 0.6) is 11.5 Å². The monoisotopic (exact) mass is 637 g/mol. The highest BCUT2D eigenvalue weighted by atomic mass is 32.2. The lowest BCUT2D eigenvalue weighted by Gasteiger charge is -2.71. The SMILES string of the molecule is CC[C@@]12CC[C@]3(C)C(=CC(SC(C)=O)c4c3cc(OC(C)=O)c(OC(C)=O)c4C)[C@@]1(C)CC[C@@]1(C)CC[C@@](C)(CN(C)C)C[C@H]12. The third-order valence-corrected chi connectivity index (χ3v) is 13.9. The van der Waals surface area contributed by atoms with E-state index in [0.717, 1.165) is 48.9 Å². The highest BCUT2D eigenvalue weighted by molar-refractivity contribution is 8.13. The lowest BCUT2D eigenvalue weighted by atomic mass is 9.33. The minimum atomic E-state index is -0.475. The second-order valence-electron chi connectivity index (χ2n) is 16.2. The molecule has 0 bridgehead atoms. The Morgan fingerprint density at radius 2 is 1.58 bits per heavy atom. The summed E-state index contributed by atoms with van der Waals surface area (Å²) in [6.45, 7) is 19.9. The molecule has 5 rings (SSSR count). The minimum absolute atomic E-state index is 0.0490. The number of rotatable bonds is 6. The van der Waals surface area contributed by atoms with E-state index >= 15 is 0 Å². The molecule has 4 aliphatic rings. The van der Waals surface area contributed by atoms with Gasteiger partial charge in [0.15, 0.2) is 16.6 Å². The van der Waals surface area contributed by atoms with Gasteiger partial charge in [-0.2, -0.15) is 0 Å². The van der Waals surface area contributed by atoms with Crippen molar-refractivity contribution >= 4 is 28.8 Å². The van der Waals surface area contributed by atoms with Crippen molar-refractivity contribution in [2.75, 3.05) is 20.6 Å². The third kappa shape index (κ3) is 5.42. The lowest BCUT2D eigenvalue weighted by molar-refractivity contribution is -0.171. The molecule has 1 aromatic rings. The van der Waals surface area contributed by atoms with Crippen LogP contribution in [0.1, 0.15) is 129 Å². The Hall–Kier alpha value is -2.12. The molecule has 0 spiro atoms. The normalized spacial score (nSPS) is 37.0. The Labute approximate surface area is 275 Å². The van der Waals surface area contributed by atoms with Gasteiger partial charge in [-0.1, -0.05) is 58.0 Å². The number of thioether (sulfide) groups is 1. The number of nitrogens with zero attached hydrogens (tertiary/aromatic N) is 1. The first-order valence-corrected chi connectivity index (χ1v) is 17.8. The van der Waals surface area contributed by atoms with Crippen molar-refractivity contribution in [2.45, 2.75) is 124 Å². The Kier molecular flexibility index (Phi) is 8.78. The van der Waals surface area contributed by atoms with Crippen LogP contribution in [0.25, 0.3) is 0 Å². The van der Waals surface area contributed by atoms with Gasteiger partial charge in [-0.25, -0.2) is 0 Å². The molecule has 4 aliphatic carbocycles. The van der Waals surface area contributed by atoms with Crippen molar-refractivity contribution in [3.8, 4) is 11.5 Å². The summed E-state index contributed by atoms with van der Waals surface area (Å²) in [7, 11) is 4.42. The first kappa shape index (κ1) is 34.2. The summed E-state index contributed by atoms with van der Waals surface area (Å²) < 4.78 is 11.4. The molecule has 1 aromatic carbocycles. The maximum atomic E-state index is 12.8. The number of hydrogen-bond acceptors (Lipinski definition) is 7. The fourth-order valence-electron chi connectivity index (χ4n) is 11.0. The van der Waals surface area contributed by atoms with Crippen LogP contribution in [0.4, 0.5) is 0 Å². The number of esters is 2. The van der Waals surface area contributed by atoms with E-state index in [9.17, 15) is 14.4 Å². The molecule has 0 aromatic heterocycles. The largest absolute Gasteiger partial charge is 0.423 e. The van der Waals surface area contributed by atoms with E-state index in [1.807, 2.05) is 13.0 Å². The van der Waals surface area contributed by atoms with Gasteiger partial charge >= 0.3 is 11.9 Å². The van der Waals surface area contributed by atoms with Gasteiger partial charge in [-0.3, -0.25) is 14.4 Å². The summed E-state index contributed by atoms with van der Waals surface area (Å²) in [6, 6.07) is 1.95. The van der Waals surface area contributed by atoms with Crippen molar-refractivity contribution in [1.29, 1.82) is 0 Å². The molecular formula is C38H55NO5S. The Balaban J connectivity index is 1.72. The van der Waals surface area contributed by atoms with E-state index in [-0.39, 0.29) is 38.1 Å². The molecule has 0 N–H and O–H groups in total. The zero-order valence-electron chi connectivity index (χ0n) is 29.6. The van der Waals surface area contributed by atoms with Crippen LogP contribution >= 0.6 is 11.8 Å². The summed E-state index contributed by atoms with van der Waals surface area (Å²) in [5, 5.41) is -0.168. The Morgan fingerprint density at radius 3 is 2.16 bits per heavy atom. The van der Waals surface area contributed by atoms with Crippen molar-refractivity contribution in [2.24, 2.45) is 27.6 Å². The zero-order valence-corrected chi connectivity index (χ0v) is 30.4. The van der Waals surface area contributed by atoms with E-state index in [2.05, 4.69) is 59.7 Å². The number of fused-ring (bicyclic) bond motifs is 7. The predicted octanol–water partition coefficient (Wildman–Crippen LogP) is 8.73. The predicted molar refractivity (Wildman–Crippen MR) is 182 cm³/mol. The fraction of sp³-hybridized carbons (Fsp3) is 0.711. The topological polar surface area (TPSA) is 72.9 Å². The van der Waals surface area contributed by atoms with Gasteiger partial charge in [0.2, 0.25) is 0 Å². The molecule has 0 aliphatic heterocycles. The van der Waals surface area contributed by atoms with Crippen molar-refractivity contribution in [3.05, 3.63) is 34.4 Å². The molecule has 0 heterocycles. The molecule has 7 atom stereocenters. The Bertz CT molecular complexity index is 1450. The summed E-state index contributed by atoms with van der Waals surface area (Å²) >= 11 is 1.34. The van der Waals surface area contributed by atoms with Crippen molar-refractivity contribution in [1.82, 2.24) is 4.90 Å². The van der Waals surface area contributed by atoms with Gasteiger partial charge in [0.1, 0.15) is 0 Å². The average Bonchev–Trinajstić information content (AvgIpc) is 2.92. The van der Waals surface area contributed by atoms with Crippen LogP contribution in [0.3, 0.4) is 0 Å². The van der Waals surface area contributed by atoms with Gasteiger partial charge < -0.3 is 14.4 Å². The van der Waals surface area contributed by atoms with Gasteiger partial charge in [-0.05, 0) is 117 Å². The van der Waals surface area contributed by atoms with Crippen LogP contribution in [0.2, 0.25) is 0 Å². The molecular weight excluding hydrogens is 582 g/mol. The molecule has 45 heavy (non-hydrogen) atoms. The van der Waals surface area contributed by atoms with Gasteiger partial charge in [-0.15, -0.1) is 0 Å². The minimum Gasteiger partial charge on any atom is -0.423 e. The van der Waals surface area contributed by atoms with Crippen LogP contribution in [-0.2, 0) is 19.8 Å². The van der Waals surface area contributed by atoms with E-state index in [1.54, 1.807) is 6.92 Å². The summed E-state index contributed by atoms with van der Waals surface area (Å²) in [6.07, 6.45) is 11.8. The van der Waals surface area contributed by atoms with E-state index in [1.165, 1.54) is 56.9 Å². The number of benzene rings is 1. The van der Waals surface area contributed by atoms with E-state index in [0.29, 0.717) is 16.7 Å². The molecule has 3 fully saturated rings. The summed E-state index contributed by atoms with van der Waals surface area (Å²) in [4.78, 5) is 39.6. The molecule has 6 nitrogen and oxygen atoms in total. The van der Waals surface area contributed by atoms with Crippen molar-refractivity contribution in [3.63, 3.8) is 0 Å². The molecule has 0 saturated heterocycles. The first-order valence-electron chi connectivity index (χ1n) is 16.9. The maximum Gasteiger partial charge on any atom is 0.308 e. The van der Waals surface area contributed by atoms with Crippen LogP contribution in [0.15, 0.2) is 17.7 Å². The van der Waals surface area contributed by atoms with Gasteiger partial charge in [0.25, 0.3) is 0 Å². The molecule has 1 unspecified atom stereocenters. The first-order chi connectivity index (χ1) is 20.8. The lowest BCUT2D eigenvalue weighted by Crippen LogP contribution is -2.63. The average molecular weight is 638 g/mol. The molecule has 3 saturated carbocycles. The molecule has 0 amide bonds. The molecule has 7 heteroatoms. The standard InChI is InChI=1S/C38H55NO5S/c1-12-38-18-16-36(8)27-19-28(43-24(3)40)33(44-25(4)41)23(2)32(27)29(45-26(5)42)20-30(36)37(38,9)17-15-35(7)14-13-34(6,21-31(35)38)22-39(10)11/h19-20,29,31H,12-18,21-22H2,1-11H3/t29?,31-,34-,35-,36+,37-,38+/m1/s1. The molecule has 248 valence electrons. The van der Waals surface area contributed by atoms with Crippen LogP contribution < -0.4 is 9.47 Å². The van der Waals surface area contributed by atoms with Gasteiger partial charge in [0, 0.05) is 38.3 Å². The number of allylic oxidation sites excluding steroid dienone is 1. The van der Waals surface area contributed by atoms with Crippen LogP contribution in [-0.4, -0.2) is 42.6 Å². The highest BCUT2D eigenvalue weighted by Gasteiger charge is 2.68. The van der Waals surface area contributed by atoms with Crippen LogP contribution in [0, 0.1) is 34.5 Å². The zero-order chi connectivity index (χ0) is 33.3. The smallest absolute Gasteiger partial charge is 0.308 e. The second-order valence-corrected chi connectivity index (χ2v) is 17.5. The van der Waals surface area contributed by atoms with Crippen molar-refractivity contribution < 1.29 is 23.9 Å². The quantitative estimate of drug-likeness (QED) is 0.175. The summed E-state index contributed by atoms with van der Waals surface area (Å²) in [5.74, 6) is 0.231. The third-order valence-electron chi connectivity index (χ3n) is 12.9. The van der Waals surface area contributed by atoms with E-state index < -0.39 is 11.9 Å². The summed E-state index contributed by atoms with van der Waals surface area (Å²) in [5.41, 5.74) is 4.73. The second kappa shape index (κ2) is 11.5. The Morgan fingerprint density at radius 1 is 0.933 bits per heavy atom. The number of hydrogen-bond donors (Lipinski definition) is 0. The fourth-order valence-corrected chi connectivity index (χ4v) is 12.0. The number of ether oxygens (including phenoxy) is 2.